The van der Waals surface area contributed by atoms with Gasteiger partial charge in [-0.25, -0.2) is 0 Å². The summed E-state index contributed by atoms with van der Waals surface area (Å²) in [6, 6.07) is 5.82. The highest BCUT2D eigenvalue weighted by Gasteiger charge is 2.35. The van der Waals surface area contributed by atoms with Crippen LogP contribution >= 0.6 is 12.4 Å². The van der Waals surface area contributed by atoms with E-state index in [1.165, 1.54) is 0 Å². The first-order valence-electron chi connectivity index (χ1n) is 8.25. The number of halogens is 1. The van der Waals surface area contributed by atoms with Gasteiger partial charge in [-0.15, -0.1) is 12.4 Å². The summed E-state index contributed by atoms with van der Waals surface area (Å²) in [6.07, 6.45) is 1.65. The molecule has 0 radical (unpaired) electrons. The fourth-order valence-corrected chi connectivity index (χ4v) is 3.59. The Labute approximate surface area is 149 Å². The van der Waals surface area contributed by atoms with Crippen LogP contribution in [0.25, 0.3) is 0 Å². The topological polar surface area (TPSA) is 66.6 Å². The van der Waals surface area contributed by atoms with Gasteiger partial charge in [0.05, 0.1) is 0 Å². The molecule has 6 heteroatoms. The molecule has 132 valence electrons. The first-order chi connectivity index (χ1) is 10.8. The third-order valence-electron chi connectivity index (χ3n) is 5.20. The van der Waals surface area contributed by atoms with Crippen LogP contribution in [0.3, 0.4) is 0 Å². The molecular formula is C18H26ClN3O2. The molecule has 0 saturated carbocycles. The second-order valence-electron chi connectivity index (χ2n) is 7.37. The zero-order chi connectivity index (χ0) is 16.8. The van der Waals surface area contributed by atoms with Gasteiger partial charge in [-0.2, -0.15) is 0 Å². The van der Waals surface area contributed by atoms with Crippen LogP contribution < -0.4 is 10.6 Å². The standard InChI is InChI=1S/C18H25N3O2.ClH/c1-12(22)21-9-6-13-10-14(4-5-15(13)21)17(23)20-8-7-16(19)18(2,3)11-20;/h4-5,10,16H,6-9,11,19H2,1-3H3;1H. The van der Waals surface area contributed by atoms with Crippen LogP contribution in [0.1, 0.15) is 43.1 Å². The normalized spacial score (nSPS) is 21.9. The lowest BCUT2D eigenvalue weighted by molar-refractivity contribution is -0.116. The predicted molar refractivity (Wildman–Crippen MR) is 97.7 cm³/mol. The van der Waals surface area contributed by atoms with E-state index < -0.39 is 0 Å². The van der Waals surface area contributed by atoms with Crippen molar-refractivity contribution in [1.29, 1.82) is 0 Å². The molecular weight excluding hydrogens is 326 g/mol. The Morgan fingerprint density at radius 3 is 2.58 bits per heavy atom. The Morgan fingerprint density at radius 2 is 1.96 bits per heavy atom. The van der Waals surface area contributed by atoms with E-state index in [1.807, 2.05) is 23.1 Å². The van der Waals surface area contributed by atoms with E-state index in [1.54, 1.807) is 11.8 Å². The fourth-order valence-electron chi connectivity index (χ4n) is 3.59. The molecule has 24 heavy (non-hydrogen) atoms. The van der Waals surface area contributed by atoms with Crippen molar-refractivity contribution in [3.8, 4) is 0 Å². The van der Waals surface area contributed by atoms with Crippen LogP contribution in [0, 0.1) is 5.41 Å². The summed E-state index contributed by atoms with van der Waals surface area (Å²) in [7, 11) is 0. The molecule has 1 atom stereocenters. The summed E-state index contributed by atoms with van der Waals surface area (Å²) >= 11 is 0. The van der Waals surface area contributed by atoms with Crippen molar-refractivity contribution < 1.29 is 9.59 Å². The Bertz CT molecular complexity index is 660. The highest BCUT2D eigenvalue weighted by atomic mass is 35.5. The minimum absolute atomic E-state index is 0. The van der Waals surface area contributed by atoms with Gasteiger partial charge in [-0.3, -0.25) is 9.59 Å². The highest BCUT2D eigenvalue weighted by molar-refractivity contribution is 5.98. The van der Waals surface area contributed by atoms with Crippen molar-refractivity contribution >= 4 is 29.9 Å². The minimum atomic E-state index is -0.0595. The molecule has 1 saturated heterocycles. The van der Waals surface area contributed by atoms with E-state index in [-0.39, 0.29) is 35.7 Å². The largest absolute Gasteiger partial charge is 0.338 e. The second-order valence-corrected chi connectivity index (χ2v) is 7.37. The molecule has 1 fully saturated rings. The molecule has 5 nitrogen and oxygen atoms in total. The van der Waals surface area contributed by atoms with Crippen LogP contribution in [-0.2, 0) is 11.2 Å². The molecule has 0 bridgehead atoms. The molecule has 1 aromatic rings. The van der Waals surface area contributed by atoms with Gasteiger partial charge in [0.25, 0.3) is 5.91 Å². The maximum absolute atomic E-state index is 12.8. The Morgan fingerprint density at radius 1 is 1.25 bits per heavy atom. The summed E-state index contributed by atoms with van der Waals surface area (Å²) in [4.78, 5) is 28.1. The van der Waals surface area contributed by atoms with E-state index in [9.17, 15) is 9.59 Å². The quantitative estimate of drug-likeness (QED) is 0.843. The Hall–Kier alpha value is -1.59. The average molecular weight is 352 g/mol. The molecule has 3 rings (SSSR count). The number of nitrogens with two attached hydrogens (primary N) is 1. The number of rotatable bonds is 1. The van der Waals surface area contributed by atoms with Crippen LogP contribution in [0.5, 0.6) is 0 Å². The zero-order valence-corrected chi connectivity index (χ0v) is 15.4. The SMILES string of the molecule is CC(=O)N1CCc2cc(C(=O)N3CCC(N)C(C)(C)C3)ccc21.Cl. The van der Waals surface area contributed by atoms with Crippen molar-refractivity contribution in [2.45, 2.75) is 39.7 Å². The summed E-state index contributed by atoms with van der Waals surface area (Å²) in [5.74, 6) is 0.114. The van der Waals surface area contributed by atoms with Gasteiger partial charge < -0.3 is 15.5 Å². The maximum atomic E-state index is 12.8. The van der Waals surface area contributed by atoms with Crippen LogP contribution in [0.2, 0.25) is 0 Å². The number of hydrogen-bond donors (Lipinski definition) is 1. The van der Waals surface area contributed by atoms with Gasteiger partial charge in [0.2, 0.25) is 5.91 Å². The highest BCUT2D eigenvalue weighted by Crippen LogP contribution is 2.31. The van der Waals surface area contributed by atoms with Gasteiger partial charge in [-0.1, -0.05) is 13.8 Å². The molecule has 2 aliphatic rings. The van der Waals surface area contributed by atoms with Crippen molar-refractivity contribution in [1.82, 2.24) is 4.90 Å². The Balaban J connectivity index is 0.00000208. The smallest absolute Gasteiger partial charge is 0.253 e. The molecule has 0 spiro atoms. The monoisotopic (exact) mass is 351 g/mol. The van der Waals surface area contributed by atoms with Crippen molar-refractivity contribution in [3.63, 3.8) is 0 Å². The van der Waals surface area contributed by atoms with Crippen LogP contribution in [-0.4, -0.2) is 42.4 Å². The number of carbonyl (C=O) groups is 2. The predicted octanol–water partition coefficient (Wildman–Crippen LogP) is 2.22. The Kier molecular flexibility index (Phi) is 5.25. The van der Waals surface area contributed by atoms with Gasteiger partial charge in [0.15, 0.2) is 0 Å². The fraction of sp³-hybridized carbons (Fsp3) is 0.556. The lowest BCUT2D eigenvalue weighted by atomic mass is 9.79. The van der Waals surface area contributed by atoms with E-state index in [4.69, 9.17) is 5.73 Å². The van der Waals surface area contributed by atoms with E-state index >= 15 is 0 Å². The number of benzene rings is 1. The number of carbonyl (C=O) groups excluding carboxylic acids is 2. The van der Waals surface area contributed by atoms with Gasteiger partial charge >= 0.3 is 0 Å². The first kappa shape index (κ1) is 18.7. The lowest BCUT2D eigenvalue weighted by Crippen LogP contribution is -2.54. The van der Waals surface area contributed by atoms with Crippen molar-refractivity contribution in [3.05, 3.63) is 29.3 Å². The van der Waals surface area contributed by atoms with Crippen LogP contribution in [0.4, 0.5) is 5.69 Å². The number of hydrogen-bond acceptors (Lipinski definition) is 3. The van der Waals surface area contributed by atoms with Gasteiger partial charge in [-0.05, 0) is 42.0 Å². The lowest BCUT2D eigenvalue weighted by Gasteiger charge is -2.42. The summed E-state index contributed by atoms with van der Waals surface area (Å²) in [5, 5.41) is 0. The molecule has 2 amide bonds. The zero-order valence-electron chi connectivity index (χ0n) is 14.5. The van der Waals surface area contributed by atoms with Gasteiger partial charge in [0.1, 0.15) is 0 Å². The minimum Gasteiger partial charge on any atom is -0.338 e. The number of amides is 2. The second kappa shape index (κ2) is 6.73. The van der Waals surface area contributed by atoms with E-state index in [0.717, 1.165) is 24.1 Å². The molecule has 2 N–H and O–H groups in total. The summed E-state index contributed by atoms with van der Waals surface area (Å²) < 4.78 is 0. The van der Waals surface area contributed by atoms with Crippen LogP contribution in [0.15, 0.2) is 18.2 Å². The number of piperidine rings is 1. The molecule has 1 unspecified atom stereocenters. The van der Waals surface area contributed by atoms with Crippen molar-refractivity contribution in [2.24, 2.45) is 11.1 Å². The average Bonchev–Trinajstić information content (AvgIpc) is 2.92. The molecule has 2 heterocycles. The van der Waals surface area contributed by atoms with E-state index in [0.29, 0.717) is 25.2 Å². The summed E-state index contributed by atoms with van der Waals surface area (Å²) in [6.45, 7) is 7.90. The third kappa shape index (κ3) is 3.28. The third-order valence-corrected chi connectivity index (χ3v) is 5.20. The molecule has 1 aromatic carbocycles. The number of likely N-dealkylation sites (tertiary alicyclic amines) is 1. The van der Waals surface area contributed by atoms with Gasteiger partial charge in [0, 0.05) is 43.9 Å². The number of fused-ring (bicyclic) bond motifs is 1. The molecule has 0 aliphatic carbocycles. The summed E-state index contributed by atoms with van der Waals surface area (Å²) in [5.41, 5.74) is 8.83. The molecule has 2 aliphatic heterocycles. The number of anilines is 1. The first-order valence-corrected chi connectivity index (χ1v) is 8.25. The van der Waals surface area contributed by atoms with E-state index in [2.05, 4.69) is 13.8 Å². The number of nitrogens with zero attached hydrogens (tertiary/aromatic N) is 2. The van der Waals surface area contributed by atoms with Crippen molar-refractivity contribution in [2.75, 3.05) is 24.5 Å². The molecule has 0 aromatic heterocycles. The maximum Gasteiger partial charge on any atom is 0.253 e.